The van der Waals surface area contributed by atoms with Gasteiger partial charge >= 0.3 is 86.5 Å². The second kappa shape index (κ2) is 11.5. The molecule has 0 aliphatic carbocycles. The van der Waals surface area contributed by atoms with Crippen LogP contribution in [-0.4, -0.2) is 16.5 Å². The van der Waals surface area contributed by atoms with Crippen molar-refractivity contribution in [3.63, 3.8) is 0 Å². The van der Waals surface area contributed by atoms with Gasteiger partial charge in [-0.2, -0.15) is 0 Å². The molecule has 0 saturated carbocycles. The molecule has 0 aromatic heterocycles. The van der Waals surface area contributed by atoms with E-state index in [2.05, 4.69) is 6.92 Å². The zero-order valence-corrected chi connectivity index (χ0v) is 13.3. The molecule has 74 valence electrons. The number of hydrogen-bond acceptors (Lipinski definition) is 0. The van der Waals surface area contributed by atoms with Gasteiger partial charge in [0.25, 0.3) is 0 Å². The molecule has 0 atom stereocenters. The molecule has 12 heavy (non-hydrogen) atoms. The quantitative estimate of drug-likeness (QED) is 0.421. The Bertz CT molecular complexity index is 61.4. The van der Waals surface area contributed by atoms with E-state index in [1.54, 1.807) is 5.25 Å². The summed E-state index contributed by atoms with van der Waals surface area (Å²) in [7, 11) is 0. The number of hydrogen-bond donors (Lipinski definition) is 0. The molecule has 0 bridgehead atoms. The monoisotopic (exact) mass is 232 g/mol. The molecular weight excluding hydrogens is 205 g/mol. The first-order chi connectivity index (χ1) is 5.91. The third-order valence-electron chi connectivity index (χ3n) is 2.46. The van der Waals surface area contributed by atoms with Crippen molar-refractivity contribution in [3.8, 4) is 0 Å². The van der Waals surface area contributed by atoms with Crippen LogP contribution in [0.4, 0.5) is 0 Å². The van der Waals surface area contributed by atoms with Crippen LogP contribution in [0.1, 0.15) is 64.7 Å². The van der Waals surface area contributed by atoms with Crippen LogP contribution in [0.5, 0.6) is 0 Å². The van der Waals surface area contributed by atoms with Crippen molar-refractivity contribution in [2.75, 3.05) is 0 Å². The zero-order chi connectivity index (χ0) is 9.07. The van der Waals surface area contributed by atoms with Gasteiger partial charge in [-0.1, -0.05) is 0 Å². The summed E-state index contributed by atoms with van der Waals surface area (Å²) in [6.07, 6.45) is 13.3. The topological polar surface area (TPSA) is 0 Å². The van der Waals surface area contributed by atoms with Crippen molar-refractivity contribution in [1.82, 2.24) is 0 Å². The molecule has 0 unspecified atom stereocenters. The fraction of sp³-hybridized carbons (Fsp3) is 1.00. The molecular formula is C11H26Ge. The summed E-state index contributed by atoms with van der Waals surface area (Å²) in [4.78, 5) is 0. The fourth-order valence-electron chi connectivity index (χ4n) is 1.56. The van der Waals surface area contributed by atoms with E-state index in [1.807, 2.05) is 0 Å². The second-order valence-corrected chi connectivity index (χ2v) is 5.93. The van der Waals surface area contributed by atoms with Crippen LogP contribution in [-0.2, 0) is 0 Å². The predicted molar refractivity (Wildman–Crippen MR) is 62.0 cm³/mol. The van der Waals surface area contributed by atoms with E-state index < -0.39 is 0 Å². The van der Waals surface area contributed by atoms with Crippen molar-refractivity contribution in [2.45, 2.75) is 70.0 Å². The van der Waals surface area contributed by atoms with Crippen LogP contribution in [0.2, 0.25) is 5.25 Å². The van der Waals surface area contributed by atoms with Crippen LogP contribution in [0.3, 0.4) is 0 Å². The van der Waals surface area contributed by atoms with Gasteiger partial charge < -0.3 is 0 Å². The van der Waals surface area contributed by atoms with Crippen molar-refractivity contribution < 1.29 is 0 Å². The summed E-state index contributed by atoms with van der Waals surface area (Å²) in [5, 5.41) is 1.56. The van der Waals surface area contributed by atoms with Crippen molar-refractivity contribution in [3.05, 3.63) is 0 Å². The van der Waals surface area contributed by atoms with Crippen LogP contribution in [0, 0.1) is 0 Å². The normalized spacial score (nSPS) is 10.8. The molecule has 0 saturated heterocycles. The molecule has 0 aliphatic rings. The number of rotatable bonds is 9. The Morgan fingerprint density at radius 3 is 1.50 bits per heavy atom. The third kappa shape index (κ3) is 10.5. The van der Waals surface area contributed by atoms with Crippen LogP contribution < -0.4 is 0 Å². The molecule has 0 aromatic carbocycles. The van der Waals surface area contributed by atoms with E-state index >= 15 is 0 Å². The Morgan fingerprint density at radius 1 is 0.667 bits per heavy atom. The van der Waals surface area contributed by atoms with Gasteiger partial charge in [-0.05, 0) is 0 Å². The average Bonchev–Trinajstić information content (AvgIpc) is 2.10. The van der Waals surface area contributed by atoms with Crippen LogP contribution in [0.15, 0.2) is 0 Å². The molecule has 0 rings (SSSR count). The Morgan fingerprint density at radius 2 is 1.08 bits per heavy atom. The van der Waals surface area contributed by atoms with E-state index in [0.29, 0.717) is 0 Å². The van der Waals surface area contributed by atoms with Gasteiger partial charge in [-0.15, -0.1) is 0 Å². The van der Waals surface area contributed by atoms with E-state index in [9.17, 15) is 0 Å². The van der Waals surface area contributed by atoms with Gasteiger partial charge in [0.1, 0.15) is 0 Å². The summed E-state index contributed by atoms with van der Waals surface area (Å²) in [6.45, 7) is 2.28. The molecule has 0 spiro atoms. The Balaban J connectivity index is 2.73. The summed E-state index contributed by atoms with van der Waals surface area (Å²) < 4.78 is 0. The van der Waals surface area contributed by atoms with Gasteiger partial charge in [0.2, 0.25) is 0 Å². The molecule has 1 heteroatoms. The second-order valence-electron chi connectivity index (χ2n) is 3.83. The van der Waals surface area contributed by atoms with Crippen LogP contribution >= 0.6 is 0 Å². The minimum absolute atomic E-state index is 1.11. The SMILES string of the molecule is CCCCCCCCCC[CH2][GeH3]. The first kappa shape index (κ1) is 12.5. The van der Waals surface area contributed by atoms with Crippen molar-refractivity contribution in [2.24, 2.45) is 0 Å². The van der Waals surface area contributed by atoms with Crippen LogP contribution in [0.25, 0.3) is 0 Å². The summed E-state index contributed by atoms with van der Waals surface area (Å²) in [5.41, 5.74) is 0. The maximum atomic E-state index is 2.28. The Hall–Kier alpha value is 0.543. The average molecular weight is 231 g/mol. The molecule has 0 aliphatic heterocycles. The molecule has 0 heterocycles. The Labute approximate surface area is 86.7 Å². The van der Waals surface area contributed by atoms with E-state index in [1.165, 1.54) is 57.8 Å². The van der Waals surface area contributed by atoms with E-state index in [0.717, 1.165) is 16.5 Å². The van der Waals surface area contributed by atoms with Crippen molar-refractivity contribution >= 4 is 16.5 Å². The molecule has 0 nitrogen and oxygen atoms in total. The molecule has 0 amide bonds. The van der Waals surface area contributed by atoms with Crippen molar-refractivity contribution in [1.29, 1.82) is 0 Å². The molecule has 0 radical (unpaired) electrons. The van der Waals surface area contributed by atoms with Gasteiger partial charge in [0, 0.05) is 0 Å². The van der Waals surface area contributed by atoms with E-state index in [-0.39, 0.29) is 0 Å². The van der Waals surface area contributed by atoms with Gasteiger partial charge in [-0.3, -0.25) is 0 Å². The predicted octanol–water partition coefficient (Wildman–Crippen LogP) is 3.30. The van der Waals surface area contributed by atoms with Gasteiger partial charge in [0.05, 0.1) is 0 Å². The standard InChI is InChI=1S/C11H26Ge/c1-2-3-4-5-6-7-8-9-10-11-12/h2-11H2,1,12H3. The third-order valence-corrected chi connectivity index (χ3v) is 3.94. The Kier molecular flexibility index (Phi) is 12.1. The first-order valence-electron chi connectivity index (χ1n) is 5.91. The zero-order valence-electron chi connectivity index (χ0n) is 9.07. The minimum atomic E-state index is 1.11. The molecule has 0 fully saturated rings. The van der Waals surface area contributed by atoms with Gasteiger partial charge in [-0.25, -0.2) is 0 Å². The van der Waals surface area contributed by atoms with Gasteiger partial charge in [0.15, 0.2) is 0 Å². The van der Waals surface area contributed by atoms with E-state index in [4.69, 9.17) is 0 Å². The molecule has 0 N–H and O–H groups in total. The first-order valence-corrected chi connectivity index (χ1v) is 8.88. The maximum absolute atomic E-state index is 2.28. The summed E-state index contributed by atoms with van der Waals surface area (Å²) >= 11 is 1.11. The molecule has 0 aromatic rings. The summed E-state index contributed by atoms with van der Waals surface area (Å²) in [5.74, 6) is 0. The fourth-order valence-corrected chi connectivity index (χ4v) is 2.61. The summed E-state index contributed by atoms with van der Waals surface area (Å²) in [6, 6.07) is 0. The number of unbranched alkanes of at least 4 members (excludes halogenated alkanes) is 8.